The van der Waals surface area contributed by atoms with Crippen LogP contribution in [0.15, 0.2) is 36.4 Å². The van der Waals surface area contributed by atoms with Crippen molar-refractivity contribution in [2.24, 2.45) is 0 Å². The molecule has 2 N–H and O–H groups in total. The van der Waals surface area contributed by atoms with Crippen molar-refractivity contribution in [1.82, 2.24) is 4.90 Å². The second kappa shape index (κ2) is 8.57. The smallest absolute Gasteiger partial charge is 0.323 e. The van der Waals surface area contributed by atoms with Crippen LogP contribution in [0, 0.1) is 6.92 Å². The van der Waals surface area contributed by atoms with Crippen molar-refractivity contribution in [3.8, 4) is 0 Å². The Kier molecular flexibility index (Phi) is 6.10. The summed E-state index contributed by atoms with van der Waals surface area (Å²) in [4.78, 5) is 40.9. The topological polar surface area (TPSA) is 81.8 Å². The van der Waals surface area contributed by atoms with E-state index in [4.69, 9.17) is 0 Å². The summed E-state index contributed by atoms with van der Waals surface area (Å²) in [5.41, 5.74) is 3.91. The van der Waals surface area contributed by atoms with E-state index in [9.17, 15) is 14.4 Å². The van der Waals surface area contributed by atoms with Crippen molar-refractivity contribution in [3.63, 3.8) is 0 Å². The lowest BCUT2D eigenvalue weighted by Crippen LogP contribution is -2.35. The Morgan fingerprint density at radius 3 is 2.23 bits per heavy atom. The number of hydrogen-bond donors (Lipinski definition) is 2. The maximum Gasteiger partial charge on any atom is 0.323 e. The van der Waals surface area contributed by atoms with E-state index >= 15 is 0 Å². The summed E-state index contributed by atoms with van der Waals surface area (Å²) in [6.07, 6.45) is 0. The fourth-order valence-corrected chi connectivity index (χ4v) is 3.66. The van der Waals surface area contributed by atoms with Crippen LogP contribution in [-0.2, 0) is 0 Å². The molecule has 0 spiro atoms. The Bertz CT molecular complexity index is 996. The fraction of sp³-hybridized carbons (Fsp3) is 0.348. The molecule has 0 unspecified atom stereocenters. The molecule has 1 aliphatic rings. The number of carbonyl (C=O) groups is 3. The number of benzene rings is 2. The minimum Gasteiger partial charge on any atom is -0.372 e. The van der Waals surface area contributed by atoms with Gasteiger partial charge in [-0.2, -0.15) is 0 Å². The molecule has 0 atom stereocenters. The van der Waals surface area contributed by atoms with Gasteiger partial charge in [0.1, 0.15) is 0 Å². The number of urea groups is 1. The third-order valence-corrected chi connectivity index (χ3v) is 5.28. The lowest BCUT2D eigenvalue weighted by Gasteiger charge is -2.22. The van der Waals surface area contributed by atoms with Gasteiger partial charge in [-0.15, -0.1) is 0 Å². The van der Waals surface area contributed by atoms with Crippen molar-refractivity contribution >= 4 is 34.9 Å². The predicted octanol–water partition coefficient (Wildman–Crippen LogP) is 4.49. The van der Waals surface area contributed by atoms with Gasteiger partial charge in [0, 0.05) is 36.2 Å². The molecule has 7 heteroatoms. The summed E-state index contributed by atoms with van der Waals surface area (Å²) >= 11 is 0. The zero-order valence-corrected chi connectivity index (χ0v) is 18.1. The van der Waals surface area contributed by atoms with Crippen LogP contribution in [0.1, 0.15) is 54.0 Å². The highest BCUT2D eigenvalue weighted by Gasteiger charge is 2.37. The van der Waals surface area contributed by atoms with E-state index in [2.05, 4.69) is 29.4 Å². The number of nitrogens with zero attached hydrogens (tertiary/aromatic N) is 2. The number of fused-ring (bicyclic) bond motifs is 1. The highest BCUT2D eigenvalue weighted by Crippen LogP contribution is 2.28. The molecule has 0 saturated heterocycles. The van der Waals surface area contributed by atoms with Crippen LogP contribution in [0.5, 0.6) is 0 Å². The van der Waals surface area contributed by atoms with Gasteiger partial charge in [0.15, 0.2) is 0 Å². The van der Waals surface area contributed by atoms with Crippen molar-refractivity contribution < 1.29 is 14.4 Å². The molecule has 158 valence electrons. The quantitative estimate of drug-likeness (QED) is 0.690. The number of imide groups is 1. The molecule has 1 heterocycles. The van der Waals surface area contributed by atoms with Crippen LogP contribution in [0.2, 0.25) is 0 Å². The molecular weight excluding hydrogens is 380 g/mol. The molecule has 30 heavy (non-hydrogen) atoms. The number of nitrogens with one attached hydrogen (secondary N) is 2. The van der Waals surface area contributed by atoms with Gasteiger partial charge in [-0.05, 0) is 76.6 Å². The van der Waals surface area contributed by atoms with Crippen LogP contribution in [0.25, 0.3) is 0 Å². The highest BCUT2D eigenvalue weighted by molar-refractivity contribution is 6.22. The van der Waals surface area contributed by atoms with Crippen LogP contribution < -0.4 is 15.5 Å². The standard InChI is InChI=1S/C23H28N4O3/c1-6-26(7-2)17-9-11-20(15(5)12-17)25-23(30)24-16-8-10-18-19(13-16)22(29)27(14(3)4)21(18)28/h8-14H,6-7H2,1-5H3,(H2,24,25,30). The summed E-state index contributed by atoms with van der Waals surface area (Å²) in [6.45, 7) is 11.6. The van der Waals surface area contributed by atoms with Crippen molar-refractivity contribution in [1.29, 1.82) is 0 Å². The summed E-state index contributed by atoms with van der Waals surface area (Å²) in [5.74, 6) is -0.637. The highest BCUT2D eigenvalue weighted by atomic mass is 16.2. The van der Waals surface area contributed by atoms with Gasteiger partial charge in [0.2, 0.25) is 0 Å². The van der Waals surface area contributed by atoms with Gasteiger partial charge in [-0.3, -0.25) is 14.5 Å². The van der Waals surface area contributed by atoms with Gasteiger partial charge < -0.3 is 15.5 Å². The maximum absolute atomic E-state index is 12.5. The average molecular weight is 409 g/mol. The monoisotopic (exact) mass is 408 g/mol. The van der Waals surface area contributed by atoms with E-state index in [1.54, 1.807) is 32.0 Å². The lowest BCUT2D eigenvalue weighted by molar-refractivity contribution is 0.0609. The Morgan fingerprint density at radius 2 is 1.63 bits per heavy atom. The van der Waals surface area contributed by atoms with Crippen molar-refractivity contribution in [3.05, 3.63) is 53.1 Å². The first kappa shape index (κ1) is 21.4. The van der Waals surface area contributed by atoms with Crippen LogP contribution in [0.4, 0.5) is 21.9 Å². The van der Waals surface area contributed by atoms with E-state index in [0.29, 0.717) is 22.5 Å². The zero-order valence-electron chi connectivity index (χ0n) is 18.1. The van der Waals surface area contributed by atoms with Crippen LogP contribution in [0.3, 0.4) is 0 Å². The number of hydrogen-bond acceptors (Lipinski definition) is 4. The summed E-state index contributed by atoms with van der Waals surface area (Å²) in [6, 6.07) is 10.0. The molecule has 0 bridgehead atoms. The second-order valence-corrected chi connectivity index (χ2v) is 7.59. The van der Waals surface area contributed by atoms with Gasteiger partial charge in [0.25, 0.3) is 11.8 Å². The number of aryl methyl sites for hydroxylation is 1. The molecule has 0 saturated carbocycles. The molecule has 2 aromatic carbocycles. The molecule has 0 radical (unpaired) electrons. The van der Waals surface area contributed by atoms with Crippen LogP contribution >= 0.6 is 0 Å². The Balaban J connectivity index is 1.73. The van der Waals surface area contributed by atoms with E-state index < -0.39 is 6.03 Å². The minimum absolute atomic E-state index is 0.223. The van der Waals surface area contributed by atoms with E-state index in [1.807, 2.05) is 25.1 Å². The molecular formula is C23H28N4O3. The Morgan fingerprint density at radius 1 is 0.967 bits per heavy atom. The molecule has 0 fully saturated rings. The van der Waals surface area contributed by atoms with Gasteiger partial charge in [-0.25, -0.2) is 4.79 Å². The predicted molar refractivity (Wildman–Crippen MR) is 119 cm³/mol. The van der Waals surface area contributed by atoms with Crippen molar-refractivity contribution in [2.75, 3.05) is 28.6 Å². The van der Waals surface area contributed by atoms with Gasteiger partial charge in [-0.1, -0.05) is 0 Å². The minimum atomic E-state index is -0.411. The van der Waals surface area contributed by atoms with E-state index in [1.165, 1.54) is 4.90 Å². The first-order valence-corrected chi connectivity index (χ1v) is 10.2. The summed E-state index contributed by atoms with van der Waals surface area (Å²) in [7, 11) is 0. The number of carbonyl (C=O) groups excluding carboxylic acids is 3. The Labute approximate surface area is 177 Å². The van der Waals surface area contributed by atoms with E-state index in [0.717, 1.165) is 24.3 Å². The summed E-state index contributed by atoms with van der Waals surface area (Å²) < 4.78 is 0. The normalized spacial score (nSPS) is 12.9. The molecule has 2 aromatic rings. The van der Waals surface area contributed by atoms with Gasteiger partial charge in [0.05, 0.1) is 11.1 Å². The molecule has 7 nitrogen and oxygen atoms in total. The molecule has 0 aromatic heterocycles. The number of rotatable bonds is 6. The van der Waals surface area contributed by atoms with E-state index in [-0.39, 0.29) is 17.9 Å². The molecule has 3 rings (SSSR count). The Hall–Kier alpha value is -3.35. The largest absolute Gasteiger partial charge is 0.372 e. The molecule has 4 amide bonds. The lowest BCUT2D eigenvalue weighted by atomic mass is 10.1. The first-order chi connectivity index (χ1) is 14.3. The summed E-state index contributed by atoms with van der Waals surface area (Å²) in [5, 5.41) is 5.59. The third kappa shape index (κ3) is 4.01. The third-order valence-electron chi connectivity index (χ3n) is 5.28. The average Bonchev–Trinajstić information content (AvgIpc) is 2.95. The maximum atomic E-state index is 12.5. The second-order valence-electron chi connectivity index (χ2n) is 7.59. The SMILES string of the molecule is CCN(CC)c1ccc(NC(=O)Nc2ccc3c(c2)C(=O)N(C(C)C)C3=O)c(C)c1. The molecule has 1 aliphatic heterocycles. The van der Waals surface area contributed by atoms with Crippen LogP contribution in [-0.4, -0.2) is 41.9 Å². The zero-order chi connectivity index (χ0) is 22.0. The number of amides is 4. The fourth-order valence-electron chi connectivity index (χ4n) is 3.66. The van der Waals surface area contributed by atoms with Gasteiger partial charge >= 0.3 is 6.03 Å². The first-order valence-electron chi connectivity index (χ1n) is 10.2. The van der Waals surface area contributed by atoms with Crippen molar-refractivity contribution in [2.45, 2.75) is 40.7 Å². The number of anilines is 3. The molecule has 0 aliphatic carbocycles.